The number of nitrogens with zero attached hydrogens (tertiary/aromatic N) is 1. The maximum atomic E-state index is 12.9. The van der Waals surface area contributed by atoms with Gasteiger partial charge in [0, 0.05) is 0 Å². The summed E-state index contributed by atoms with van der Waals surface area (Å²) in [6.07, 6.45) is 3.02. The number of aryl methyl sites for hydroxylation is 1. The molecule has 0 bridgehead atoms. The van der Waals surface area contributed by atoms with Gasteiger partial charge >= 0.3 is 0 Å². The molecule has 0 aliphatic rings. The number of aromatic nitrogens is 1. The van der Waals surface area contributed by atoms with Crippen LogP contribution in [-0.2, 0) is 6.42 Å². The number of fused-ring (bicyclic) bond motifs is 1. The van der Waals surface area contributed by atoms with Crippen molar-refractivity contribution in [2.45, 2.75) is 19.3 Å². The van der Waals surface area contributed by atoms with Crippen LogP contribution in [0.15, 0.2) is 18.2 Å². The van der Waals surface area contributed by atoms with Gasteiger partial charge < -0.3 is 5.73 Å². The van der Waals surface area contributed by atoms with E-state index in [2.05, 4.69) is 4.98 Å². The summed E-state index contributed by atoms with van der Waals surface area (Å²) in [5.41, 5.74) is 6.31. The smallest absolute Gasteiger partial charge is 0.124 e. The molecule has 0 saturated carbocycles. The average molecular weight is 224 g/mol. The monoisotopic (exact) mass is 224 g/mol. The highest BCUT2D eigenvalue weighted by Gasteiger charge is 2.04. The molecule has 0 amide bonds. The average Bonchev–Trinajstić information content (AvgIpc) is 2.60. The molecule has 0 unspecified atom stereocenters. The van der Waals surface area contributed by atoms with E-state index in [1.165, 1.54) is 6.07 Å². The number of unbranched alkanes of at least 4 members (excludes halogenated alkanes) is 1. The van der Waals surface area contributed by atoms with Crippen LogP contribution in [0.3, 0.4) is 0 Å². The molecular formula is C11H13FN2S. The summed E-state index contributed by atoms with van der Waals surface area (Å²) in [4.78, 5) is 4.44. The van der Waals surface area contributed by atoms with Crippen LogP contribution in [0.25, 0.3) is 10.2 Å². The quantitative estimate of drug-likeness (QED) is 0.811. The largest absolute Gasteiger partial charge is 0.330 e. The van der Waals surface area contributed by atoms with Crippen LogP contribution in [-0.4, -0.2) is 11.5 Å². The van der Waals surface area contributed by atoms with Crippen molar-refractivity contribution in [3.63, 3.8) is 0 Å². The lowest BCUT2D eigenvalue weighted by molar-refractivity contribution is 0.630. The number of nitrogens with two attached hydrogens (primary N) is 1. The van der Waals surface area contributed by atoms with Gasteiger partial charge in [0.1, 0.15) is 5.82 Å². The van der Waals surface area contributed by atoms with Crippen molar-refractivity contribution in [3.8, 4) is 0 Å². The van der Waals surface area contributed by atoms with Crippen molar-refractivity contribution in [3.05, 3.63) is 29.0 Å². The first kappa shape index (κ1) is 10.5. The fourth-order valence-electron chi connectivity index (χ4n) is 1.47. The second kappa shape index (κ2) is 4.68. The first-order valence-electron chi connectivity index (χ1n) is 5.04. The molecule has 2 aromatic rings. The standard InChI is InChI=1S/C11H13FN2S/c12-8-4-5-9-10(7-8)15-11(14-9)3-1-2-6-13/h4-5,7H,1-3,6,13H2. The predicted molar refractivity (Wildman–Crippen MR) is 61.6 cm³/mol. The molecule has 0 saturated heterocycles. The van der Waals surface area contributed by atoms with Crippen molar-refractivity contribution in [2.75, 3.05) is 6.54 Å². The minimum atomic E-state index is -0.195. The Hall–Kier alpha value is -1.000. The summed E-state index contributed by atoms with van der Waals surface area (Å²) < 4.78 is 13.8. The Balaban J connectivity index is 2.16. The third-order valence-electron chi connectivity index (χ3n) is 2.24. The minimum absolute atomic E-state index is 0.195. The molecule has 1 heterocycles. The number of thiazole rings is 1. The highest BCUT2D eigenvalue weighted by atomic mass is 32.1. The topological polar surface area (TPSA) is 38.9 Å². The predicted octanol–water partition coefficient (Wildman–Crippen LogP) is 2.72. The lowest BCUT2D eigenvalue weighted by atomic mass is 10.2. The SMILES string of the molecule is NCCCCc1nc2ccc(F)cc2s1. The Bertz CT molecular complexity index is 453. The van der Waals surface area contributed by atoms with Gasteiger partial charge in [-0.2, -0.15) is 0 Å². The van der Waals surface area contributed by atoms with E-state index >= 15 is 0 Å². The van der Waals surface area contributed by atoms with Crippen molar-refractivity contribution >= 4 is 21.6 Å². The fourth-order valence-corrected chi connectivity index (χ4v) is 2.51. The molecule has 1 aromatic heterocycles. The van der Waals surface area contributed by atoms with Gasteiger partial charge in [-0.15, -0.1) is 11.3 Å². The van der Waals surface area contributed by atoms with Gasteiger partial charge in [-0.3, -0.25) is 0 Å². The zero-order chi connectivity index (χ0) is 10.7. The van der Waals surface area contributed by atoms with Gasteiger partial charge in [0.2, 0.25) is 0 Å². The van der Waals surface area contributed by atoms with Crippen LogP contribution in [0.1, 0.15) is 17.8 Å². The van der Waals surface area contributed by atoms with E-state index in [-0.39, 0.29) is 5.82 Å². The van der Waals surface area contributed by atoms with Gasteiger partial charge in [0.05, 0.1) is 15.2 Å². The van der Waals surface area contributed by atoms with Crippen molar-refractivity contribution < 1.29 is 4.39 Å². The molecule has 0 aliphatic heterocycles. The van der Waals surface area contributed by atoms with Crippen LogP contribution in [0, 0.1) is 5.82 Å². The summed E-state index contributed by atoms with van der Waals surface area (Å²) in [7, 11) is 0. The minimum Gasteiger partial charge on any atom is -0.330 e. The molecule has 2 nitrogen and oxygen atoms in total. The van der Waals surface area contributed by atoms with E-state index in [4.69, 9.17) is 5.73 Å². The molecule has 4 heteroatoms. The first-order valence-corrected chi connectivity index (χ1v) is 5.86. The van der Waals surface area contributed by atoms with Crippen molar-refractivity contribution in [1.82, 2.24) is 4.98 Å². The van der Waals surface area contributed by atoms with Crippen LogP contribution in [0.4, 0.5) is 4.39 Å². The molecule has 2 N–H and O–H groups in total. The van der Waals surface area contributed by atoms with E-state index in [1.807, 2.05) is 0 Å². The van der Waals surface area contributed by atoms with E-state index in [9.17, 15) is 4.39 Å². The van der Waals surface area contributed by atoms with Gasteiger partial charge in [0.15, 0.2) is 0 Å². The van der Waals surface area contributed by atoms with Gasteiger partial charge in [-0.05, 0) is 44.0 Å². The molecule has 0 fully saturated rings. The van der Waals surface area contributed by atoms with Gasteiger partial charge in [-0.25, -0.2) is 9.37 Å². The highest BCUT2D eigenvalue weighted by molar-refractivity contribution is 7.18. The molecule has 0 aliphatic carbocycles. The molecule has 80 valence electrons. The zero-order valence-corrected chi connectivity index (χ0v) is 9.19. The summed E-state index contributed by atoms with van der Waals surface area (Å²) in [5.74, 6) is -0.195. The molecule has 0 spiro atoms. The Kier molecular flexibility index (Phi) is 3.28. The molecule has 15 heavy (non-hydrogen) atoms. The molecular weight excluding hydrogens is 211 g/mol. The molecule has 0 radical (unpaired) electrons. The Morgan fingerprint density at radius 1 is 1.33 bits per heavy atom. The Morgan fingerprint density at radius 3 is 3.00 bits per heavy atom. The van der Waals surface area contributed by atoms with Crippen LogP contribution >= 0.6 is 11.3 Å². The number of halogens is 1. The first-order chi connectivity index (χ1) is 7.29. The fraction of sp³-hybridized carbons (Fsp3) is 0.364. The lowest BCUT2D eigenvalue weighted by Crippen LogP contribution is -1.98. The molecule has 1 aromatic carbocycles. The Morgan fingerprint density at radius 2 is 2.20 bits per heavy atom. The number of hydrogen-bond acceptors (Lipinski definition) is 3. The summed E-state index contributed by atoms with van der Waals surface area (Å²) in [6.45, 7) is 0.722. The van der Waals surface area contributed by atoms with Crippen LogP contribution in [0.5, 0.6) is 0 Å². The van der Waals surface area contributed by atoms with E-state index in [0.29, 0.717) is 0 Å². The second-order valence-electron chi connectivity index (χ2n) is 3.47. The third kappa shape index (κ3) is 2.52. The number of hydrogen-bond donors (Lipinski definition) is 1. The second-order valence-corrected chi connectivity index (χ2v) is 4.58. The maximum Gasteiger partial charge on any atom is 0.124 e. The molecule has 2 rings (SSSR count). The van der Waals surface area contributed by atoms with E-state index < -0.39 is 0 Å². The third-order valence-corrected chi connectivity index (χ3v) is 3.32. The summed E-state index contributed by atoms with van der Waals surface area (Å²) in [6, 6.07) is 4.72. The van der Waals surface area contributed by atoms with Crippen molar-refractivity contribution in [2.24, 2.45) is 5.73 Å². The Labute approximate surface area is 91.9 Å². The number of rotatable bonds is 4. The maximum absolute atomic E-state index is 12.9. The van der Waals surface area contributed by atoms with Crippen molar-refractivity contribution in [1.29, 1.82) is 0 Å². The summed E-state index contributed by atoms with van der Waals surface area (Å²) in [5, 5.41) is 1.07. The summed E-state index contributed by atoms with van der Waals surface area (Å²) >= 11 is 1.57. The normalized spacial score (nSPS) is 11.1. The van der Waals surface area contributed by atoms with E-state index in [1.54, 1.807) is 23.5 Å². The van der Waals surface area contributed by atoms with Gasteiger partial charge in [-0.1, -0.05) is 0 Å². The van der Waals surface area contributed by atoms with Crippen LogP contribution in [0.2, 0.25) is 0 Å². The van der Waals surface area contributed by atoms with Crippen LogP contribution < -0.4 is 5.73 Å². The van der Waals surface area contributed by atoms with E-state index in [0.717, 1.165) is 41.0 Å². The number of benzene rings is 1. The highest BCUT2D eigenvalue weighted by Crippen LogP contribution is 2.23. The lowest BCUT2D eigenvalue weighted by Gasteiger charge is -1.92. The van der Waals surface area contributed by atoms with Gasteiger partial charge in [0.25, 0.3) is 0 Å². The zero-order valence-electron chi connectivity index (χ0n) is 8.37. The molecule has 0 atom stereocenters.